The zero-order valence-corrected chi connectivity index (χ0v) is 11.6. The standard InChI is InChI=1S/C16H20OS/c1-13-7-9-14(10-8-13)12-15(17)4-2-5-16-6-3-11-18-16/h3,6-11,15,17H,2,4-5,12H2,1H3. The second kappa shape index (κ2) is 6.72. The fourth-order valence-electron chi connectivity index (χ4n) is 2.07. The summed E-state index contributed by atoms with van der Waals surface area (Å²) in [6, 6.07) is 12.7. The van der Waals surface area contributed by atoms with E-state index in [0.717, 1.165) is 25.7 Å². The molecule has 0 aliphatic heterocycles. The van der Waals surface area contributed by atoms with Gasteiger partial charge < -0.3 is 5.11 Å². The molecular weight excluding hydrogens is 240 g/mol. The second-order valence-corrected chi connectivity index (χ2v) is 5.85. The summed E-state index contributed by atoms with van der Waals surface area (Å²) < 4.78 is 0. The zero-order valence-electron chi connectivity index (χ0n) is 10.8. The molecule has 0 aliphatic rings. The Labute approximate surface area is 113 Å². The Morgan fingerprint density at radius 1 is 1.17 bits per heavy atom. The molecule has 0 saturated heterocycles. The summed E-state index contributed by atoms with van der Waals surface area (Å²) in [5, 5.41) is 12.1. The van der Waals surface area contributed by atoms with Gasteiger partial charge in [-0.3, -0.25) is 0 Å². The predicted molar refractivity (Wildman–Crippen MR) is 78.1 cm³/mol. The van der Waals surface area contributed by atoms with Gasteiger partial charge in [-0.15, -0.1) is 11.3 Å². The van der Waals surface area contributed by atoms with Crippen LogP contribution in [0.15, 0.2) is 41.8 Å². The van der Waals surface area contributed by atoms with Crippen LogP contribution in [0, 0.1) is 6.92 Å². The van der Waals surface area contributed by atoms with E-state index in [1.165, 1.54) is 16.0 Å². The molecule has 0 radical (unpaired) electrons. The fraction of sp³-hybridized carbons (Fsp3) is 0.375. The highest BCUT2D eigenvalue weighted by Gasteiger charge is 2.05. The maximum atomic E-state index is 10.0. The van der Waals surface area contributed by atoms with Crippen LogP contribution in [0.3, 0.4) is 0 Å². The van der Waals surface area contributed by atoms with E-state index in [2.05, 4.69) is 48.7 Å². The molecule has 2 aromatic rings. The number of hydrogen-bond acceptors (Lipinski definition) is 2. The van der Waals surface area contributed by atoms with Gasteiger partial charge in [-0.25, -0.2) is 0 Å². The van der Waals surface area contributed by atoms with E-state index in [0.29, 0.717) is 0 Å². The molecule has 0 amide bonds. The van der Waals surface area contributed by atoms with Crippen LogP contribution in [0.2, 0.25) is 0 Å². The summed E-state index contributed by atoms with van der Waals surface area (Å²) in [6.45, 7) is 2.08. The van der Waals surface area contributed by atoms with Crippen LogP contribution >= 0.6 is 11.3 Å². The summed E-state index contributed by atoms with van der Waals surface area (Å²) in [7, 11) is 0. The van der Waals surface area contributed by atoms with Gasteiger partial charge in [-0.2, -0.15) is 0 Å². The first-order chi connectivity index (χ1) is 8.74. The monoisotopic (exact) mass is 260 g/mol. The SMILES string of the molecule is Cc1ccc(CC(O)CCCc2cccs2)cc1. The third-order valence-electron chi connectivity index (χ3n) is 3.13. The van der Waals surface area contributed by atoms with Crippen LogP contribution in [-0.4, -0.2) is 11.2 Å². The van der Waals surface area contributed by atoms with E-state index in [4.69, 9.17) is 0 Å². The van der Waals surface area contributed by atoms with Crippen molar-refractivity contribution in [3.05, 3.63) is 57.8 Å². The number of benzene rings is 1. The lowest BCUT2D eigenvalue weighted by molar-refractivity contribution is 0.162. The van der Waals surface area contributed by atoms with Gasteiger partial charge >= 0.3 is 0 Å². The third kappa shape index (κ3) is 4.28. The van der Waals surface area contributed by atoms with Gasteiger partial charge in [0.05, 0.1) is 6.10 Å². The highest BCUT2D eigenvalue weighted by atomic mass is 32.1. The van der Waals surface area contributed by atoms with Crippen LogP contribution in [0.25, 0.3) is 0 Å². The molecule has 96 valence electrons. The minimum absolute atomic E-state index is 0.215. The first-order valence-corrected chi connectivity index (χ1v) is 7.38. The Morgan fingerprint density at radius 3 is 2.61 bits per heavy atom. The summed E-state index contributed by atoms with van der Waals surface area (Å²) in [5.74, 6) is 0. The van der Waals surface area contributed by atoms with Crippen molar-refractivity contribution >= 4 is 11.3 Å². The molecule has 1 heterocycles. The smallest absolute Gasteiger partial charge is 0.0580 e. The Morgan fingerprint density at radius 2 is 1.94 bits per heavy atom. The maximum absolute atomic E-state index is 10.0. The summed E-state index contributed by atoms with van der Waals surface area (Å²) in [5.41, 5.74) is 2.50. The number of aliphatic hydroxyl groups is 1. The zero-order chi connectivity index (χ0) is 12.8. The lowest BCUT2D eigenvalue weighted by Crippen LogP contribution is -2.10. The van der Waals surface area contributed by atoms with Crippen molar-refractivity contribution in [2.24, 2.45) is 0 Å². The average molecular weight is 260 g/mol. The number of thiophene rings is 1. The summed E-state index contributed by atoms with van der Waals surface area (Å²) >= 11 is 1.80. The number of hydrogen-bond donors (Lipinski definition) is 1. The molecule has 0 saturated carbocycles. The molecule has 2 heteroatoms. The molecular formula is C16H20OS. The van der Waals surface area contributed by atoms with Crippen LogP contribution in [0.5, 0.6) is 0 Å². The molecule has 1 nitrogen and oxygen atoms in total. The van der Waals surface area contributed by atoms with Gasteiger partial charge in [0.15, 0.2) is 0 Å². The normalized spacial score (nSPS) is 12.6. The first kappa shape index (κ1) is 13.3. The van der Waals surface area contributed by atoms with E-state index in [9.17, 15) is 5.11 Å². The minimum Gasteiger partial charge on any atom is -0.393 e. The molecule has 0 aliphatic carbocycles. The first-order valence-electron chi connectivity index (χ1n) is 6.50. The Balaban J connectivity index is 1.71. The highest BCUT2D eigenvalue weighted by molar-refractivity contribution is 7.09. The van der Waals surface area contributed by atoms with Gasteiger partial charge in [0.1, 0.15) is 0 Å². The van der Waals surface area contributed by atoms with E-state index < -0.39 is 0 Å². The lowest BCUT2D eigenvalue weighted by Gasteiger charge is -2.10. The molecule has 1 N–H and O–H groups in total. The van der Waals surface area contributed by atoms with Gasteiger partial charge in [-0.1, -0.05) is 35.9 Å². The average Bonchev–Trinajstić information content (AvgIpc) is 2.85. The van der Waals surface area contributed by atoms with E-state index >= 15 is 0 Å². The quantitative estimate of drug-likeness (QED) is 0.833. The van der Waals surface area contributed by atoms with Crippen molar-refractivity contribution in [2.75, 3.05) is 0 Å². The molecule has 0 spiro atoms. The number of aliphatic hydroxyl groups excluding tert-OH is 1. The van der Waals surface area contributed by atoms with Crippen LogP contribution < -0.4 is 0 Å². The van der Waals surface area contributed by atoms with E-state index in [1.54, 1.807) is 11.3 Å². The predicted octanol–water partition coefficient (Wildman–Crippen LogP) is 3.98. The van der Waals surface area contributed by atoms with Crippen LogP contribution in [-0.2, 0) is 12.8 Å². The van der Waals surface area contributed by atoms with Crippen LogP contribution in [0.1, 0.15) is 28.8 Å². The molecule has 1 unspecified atom stereocenters. The summed E-state index contributed by atoms with van der Waals surface area (Å²) in [6.07, 6.45) is 3.58. The van der Waals surface area contributed by atoms with Gasteiger partial charge in [0, 0.05) is 4.88 Å². The third-order valence-corrected chi connectivity index (χ3v) is 4.07. The minimum atomic E-state index is -0.215. The van der Waals surface area contributed by atoms with Crippen molar-refractivity contribution in [3.8, 4) is 0 Å². The van der Waals surface area contributed by atoms with Gasteiger partial charge in [-0.05, 0) is 49.6 Å². The molecule has 18 heavy (non-hydrogen) atoms. The Hall–Kier alpha value is -1.12. The Kier molecular flexibility index (Phi) is 4.97. The molecule has 1 aromatic carbocycles. The Bertz CT molecular complexity index is 444. The summed E-state index contributed by atoms with van der Waals surface area (Å²) in [4.78, 5) is 1.41. The van der Waals surface area contributed by atoms with Crippen molar-refractivity contribution in [2.45, 2.75) is 38.7 Å². The number of aryl methyl sites for hydroxylation is 2. The number of rotatable bonds is 6. The van der Waals surface area contributed by atoms with Crippen LogP contribution in [0.4, 0.5) is 0 Å². The van der Waals surface area contributed by atoms with Crippen molar-refractivity contribution in [3.63, 3.8) is 0 Å². The fourth-order valence-corrected chi connectivity index (χ4v) is 2.82. The van der Waals surface area contributed by atoms with E-state index in [-0.39, 0.29) is 6.10 Å². The van der Waals surface area contributed by atoms with Crippen molar-refractivity contribution in [1.82, 2.24) is 0 Å². The van der Waals surface area contributed by atoms with E-state index in [1.807, 2.05) is 0 Å². The molecule has 2 rings (SSSR count). The largest absolute Gasteiger partial charge is 0.393 e. The molecule has 1 atom stereocenters. The second-order valence-electron chi connectivity index (χ2n) is 4.82. The maximum Gasteiger partial charge on any atom is 0.0580 e. The van der Waals surface area contributed by atoms with Gasteiger partial charge in [0.2, 0.25) is 0 Å². The van der Waals surface area contributed by atoms with Crippen molar-refractivity contribution in [1.29, 1.82) is 0 Å². The topological polar surface area (TPSA) is 20.2 Å². The molecule has 0 bridgehead atoms. The molecule has 1 aromatic heterocycles. The highest BCUT2D eigenvalue weighted by Crippen LogP contribution is 2.14. The lowest BCUT2D eigenvalue weighted by atomic mass is 10.0. The molecule has 0 fully saturated rings. The van der Waals surface area contributed by atoms with Crippen molar-refractivity contribution < 1.29 is 5.11 Å². The van der Waals surface area contributed by atoms with Gasteiger partial charge in [0.25, 0.3) is 0 Å².